The summed E-state index contributed by atoms with van der Waals surface area (Å²) in [5.74, 6) is 0. The first-order valence-corrected chi connectivity index (χ1v) is 4.62. The standard InChI is InChI=1S/C10H12N2O2/c13-10(14)12-8-4-3-7-2-1-5-11-9(7)6-8/h3-4,6,11-12H,1-2,5H2,(H,13,14). The van der Waals surface area contributed by atoms with Crippen LogP contribution in [0.25, 0.3) is 0 Å². The molecule has 0 spiro atoms. The average molecular weight is 192 g/mol. The molecule has 0 bridgehead atoms. The van der Waals surface area contributed by atoms with Crippen LogP contribution in [0.1, 0.15) is 12.0 Å². The summed E-state index contributed by atoms with van der Waals surface area (Å²) >= 11 is 0. The van der Waals surface area contributed by atoms with Crippen molar-refractivity contribution in [2.75, 3.05) is 17.2 Å². The van der Waals surface area contributed by atoms with Crippen LogP contribution in [0, 0.1) is 0 Å². The zero-order valence-electron chi connectivity index (χ0n) is 7.71. The molecule has 1 aliphatic rings. The lowest BCUT2D eigenvalue weighted by Gasteiger charge is -2.18. The van der Waals surface area contributed by atoms with Crippen molar-refractivity contribution in [1.82, 2.24) is 0 Å². The number of carboxylic acid groups (broad SMARTS) is 1. The number of amides is 1. The third-order valence-corrected chi connectivity index (χ3v) is 2.30. The number of fused-ring (bicyclic) bond motifs is 1. The zero-order chi connectivity index (χ0) is 9.97. The lowest BCUT2D eigenvalue weighted by Crippen LogP contribution is -2.13. The van der Waals surface area contributed by atoms with E-state index in [0.717, 1.165) is 25.1 Å². The molecule has 1 aromatic rings. The zero-order valence-corrected chi connectivity index (χ0v) is 7.71. The van der Waals surface area contributed by atoms with Gasteiger partial charge in [-0.1, -0.05) is 6.07 Å². The van der Waals surface area contributed by atoms with Crippen molar-refractivity contribution in [2.45, 2.75) is 12.8 Å². The fourth-order valence-corrected chi connectivity index (χ4v) is 1.66. The molecule has 0 radical (unpaired) electrons. The monoisotopic (exact) mass is 192 g/mol. The van der Waals surface area contributed by atoms with Crippen molar-refractivity contribution < 1.29 is 9.90 Å². The van der Waals surface area contributed by atoms with E-state index in [1.165, 1.54) is 5.56 Å². The Balaban J connectivity index is 2.24. The van der Waals surface area contributed by atoms with Gasteiger partial charge in [-0.2, -0.15) is 0 Å². The fourth-order valence-electron chi connectivity index (χ4n) is 1.66. The van der Waals surface area contributed by atoms with Crippen molar-refractivity contribution in [3.8, 4) is 0 Å². The molecule has 0 saturated heterocycles. The van der Waals surface area contributed by atoms with Gasteiger partial charge in [0.05, 0.1) is 0 Å². The number of aryl methyl sites for hydroxylation is 1. The van der Waals surface area contributed by atoms with Crippen LogP contribution in [-0.4, -0.2) is 17.7 Å². The normalized spacial score (nSPS) is 14.0. The Hall–Kier alpha value is -1.71. The molecule has 1 heterocycles. The Labute approximate surface area is 81.9 Å². The van der Waals surface area contributed by atoms with E-state index < -0.39 is 6.09 Å². The van der Waals surface area contributed by atoms with Crippen LogP contribution in [0.15, 0.2) is 18.2 Å². The second kappa shape index (κ2) is 3.57. The molecule has 4 heteroatoms. The summed E-state index contributed by atoms with van der Waals surface area (Å²) in [4.78, 5) is 10.4. The van der Waals surface area contributed by atoms with Crippen molar-refractivity contribution in [2.24, 2.45) is 0 Å². The second-order valence-corrected chi connectivity index (χ2v) is 3.33. The largest absolute Gasteiger partial charge is 0.465 e. The van der Waals surface area contributed by atoms with Crippen LogP contribution in [0.2, 0.25) is 0 Å². The molecule has 0 fully saturated rings. The molecule has 0 atom stereocenters. The smallest absolute Gasteiger partial charge is 0.409 e. The molecule has 0 aromatic heterocycles. The Morgan fingerprint density at radius 1 is 1.50 bits per heavy atom. The summed E-state index contributed by atoms with van der Waals surface area (Å²) in [6.45, 7) is 0.962. The van der Waals surface area contributed by atoms with Crippen LogP contribution >= 0.6 is 0 Å². The van der Waals surface area contributed by atoms with E-state index in [1.807, 2.05) is 12.1 Å². The minimum atomic E-state index is -1.03. The molecule has 14 heavy (non-hydrogen) atoms. The lowest BCUT2D eigenvalue weighted by molar-refractivity contribution is 0.210. The second-order valence-electron chi connectivity index (χ2n) is 3.33. The quantitative estimate of drug-likeness (QED) is 0.638. The van der Waals surface area contributed by atoms with Gasteiger partial charge in [-0.05, 0) is 30.5 Å². The first kappa shape index (κ1) is 8.87. The van der Waals surface area contributed by atoms with E-state index >= 15 is 0 Å². The highest BCUT2D eigenvalue weighted by Crippen LogP contribution is 2.25. The van der Waals surface area contributed by atoms with Crippen molar-refractivity contribution >= 4 is 17.5 Å². The summed E-state index contributed by atoms with van der Waals surface area (Å²) in [7, 11) is 0. The Bertz CT molecular complexity index is 363. The summed E-state index contributed by atoms with van der Waals surface area (Å²) < 4.78 is 0. The number of rotatable bonds is 1. The van der Waals surface area contributed by atoms with E-state index in [9.17, 15) is 4.79 Å². The van der Waals surface area contributed by atoms with Crippen LogP contribution in [0.3, 0.4) is 0 Å². The van der Waals surface area contributed by atoms with Gasteiger partial charge in [-0.15, -0.1) is 0 Å². The van der Waals surface area contributed by atoms with Gasteiger partial charge in [0, 0.05) is 17.9 Å². The molecule has 2 rings (SSSR count). The molecule has 1 aromatic carbocycles. The van der Waals surface area contributed by atoms with Gasteiger partial charge < -0.3 is 10.4 Å². The van der Waals surface area contributed by atoms with Gasteiger partial charge in [0.25, 0.3) is 0 Å². The highest BCUT2D eigenvalue weighted by molar-refractivity contribution is 5.84. The SMILES string of the molecule is O=C(O)Nc1ccc2c(c1)NCCC2. The molecule has 1 amide bonds. The summed E-state index contributed by atoms with van der Waals surface area (Å²) in [5, 5.41) is 14.1. The predicted molar refractivity (Wildman–Crippen MR) is 54.9 cm³/mol. The highest BCUT2D eigenvalue weighted by atomic mass is 16.4. The van der Waals surface area contributed by atoms with Gasteiger partial charge in [0.15, 0.2) is 0 Å². The molecule has 0 saturated carbocycles. The van der Waals surface area contributed by atoms with E-state index in [0.29, 0.717) is 5.69 Å². The van der Waals surface area contributed by atoms with Gasteiger partial charge in [0.1, 0.15) is 0 Å². The number of hydrogen-bond donors (Lipinski definition) is 3. The third kappa shape index (κ3) is 1.79. The van der Waals surface area contributed by atoms with Crippen molar-refractivity contribution in [3.63, 3.8) is 0 Å². The topological polar surface area (TPSA) is 61.4 Å². The third-order valence-electron chi connectivity index (χ3n) is 2.30. The minimum Gasteiger partial charge on any atom is -0.465 e. The number of hydrogen-bond acceptors (Lipinski definition) is 2. The Morgan fingerprint density at radius 3 is 3.14 bits per heavy atom. The molecule has 0 aliphatic carbocycles. The summed E-state index contributed by atoms with van der Waals surface area (Å²) in [6, 6.07) is 5.59. The van der Waals surface area contributed by atoms with Gasteiger partial charge in [-0.3, -0.25) is 5.32 Å². The number of benzene rings is 1. The lowest BCUT2D eigenvalue weighted by atomic mass is 10.0. The Morgan fingerprint density at radius 2 is 2.36 bits per heavy atom. The summed E-state index contributed by atoms with van der Waals surface area (Å²) in [6.07, 6.45) is 1.18. The first-order valence-electron chi connectivity index (χ1n) is 4.62. The molecule has 4 nitrogen and oxygen atoms in total. The fraction of sp³-hybridized carbons (Fsp3) is 0.300. The van der Waals surface area contributed by atoms with Crippen LogP contribution in [0.5, 0.6) is 0 Å². The first-order chi connectivity index (χ1) is 6.75. The van der Waals surface area contributed by atoms with E-state index in [-0.39, 0.29) is 0 Å². The predicted octanol–water partition coefficient (Wildman–Crippen LogP) is 2.13. The number of nitrogens with one attached hydrogen (secondary N) is 2. The molecule has 74 valence electrons. The minimum absolute atomic E-state index is 0.616. The molecular weight excluding hydrogens is 180 g/mol. The summed E-state index contributed by atoms with van der Waals surface area (Å²) in [5.41, 5.74) is 2.92. The number of anilines is 2. The van der Waals surface area contributed by atoms with Crippen LogP contribution in [0.4, 0.5) is 16.2 Å². The maximum absolute atomic E-state index is 10.4. The van der Waals surface area contributed by atoms with Crippen molar-refractivity contribution in [3.05, 3.63) is 23.8 Å². The van der Waals surface area contributed by atoms with Gasteiger partial charge in [-0.25, -0.2) is 4.79 Å². The molecule has 1 aliphatic heterocycles. The maximum Gasteiger partial charge on any atom is 0.409 e. The van der Waals surface area contributed by atoms with E-state index in [4.69, 9.17) is 5.11 Å². The van der Waals surface area contributed by atoms with E-state index in [2.05, 4.69) is 10.6 Å². The average Bonchev–Trinajstić information content (AvgIpc) is 2.17. The highest BCUT2D eigenvalue weighted by Gasteiger charge is 2.09. The molecule has 0 unspecified atom stereocenters. The Kier molecular flexibility index (Phi) is 2.26. The van der Waals surface area contributed by atoms with E-state index in [1.54, 1.807) is 6.07 Å². The van der Waals surface area contributed by atoms with Crippen LogP contribution in [-0.2, 0) is 6.42 Å². The molecule has 3 N–H and O–H groups in total. The van der Waals surface area contributed by atoms with Gasteiger partial charge in [0.2, 0.25) is 0 Å². The van der Waals surface area contributed by atoms with Crippen molar-refractivity contribution in [1.29, 1.82) is 0 Å². The maximum atomic E-state index is 10.4. The van der Waals surface area contributed by atoms with Gasteiger partial charge >= 0.3 is 6.09 Å². The van der Waals surface area contributed by atoms with Crippen LogP contribution < -0.4 is 10.6 Å². The molecular formula is C10H12N2O2. The number of carbonyl (C=O) groups is 1.